The molecular formula is C23H44N4O2. The Morgan fingerprint density at radius 1 is 1.10 bits per heavy atom. The fraction of sp³-hybridized carbons (Fsp3) is 0.957. The summed E-state index contributed by atoms with van der Waals surface area (Å²) in [7, 11) is 0. The number of aliphatic imine (C=N–C) groups is 1. The summed E-state index contributed by atoms with van der Waals surface area (Å²) in [4.78, 5) is 10.1. The van der Waals surface area contributed by atoms with Crippen LogP contribution in [0.2, 0.25) is 0 Å². The summed E-state index contributed by atoms with van der Waals surface area (Å²) < 4.78 is 12.0. The molecule has 2 atom stereocenters. The average molecular weight is 409 g/mol. The highest BCUT2D eigenvalue weighted by Gasteiger charge is 2.25. The van der Waals surface area contributed by atoms with Crippen LogP contribution in [0.4, 0.5) is 0 Å². The normalized spacial score (nSPS) is 28.1. The zero-order valence-electron chi connectivity index (χ0n) is 19.1. The van der Waals surface area contributed by atoms with Crippen molar-refractivity contribution in [3.63, 3.8) is 0 Å². The average Bonchev–Trinajstić information content (AvgIpc) is 2.76. The Labute approximate surface area is 178 Å². The number of guanidine groups is 1. The van der Waals surface area contributed by atoms with Crippen molar-refractivity contribution in [1.29, 1.82) is 0 Å². The third-order valence-corrected chi connectivity index (χ3v) is 6.65. The van der Waals surface area contributed by atoms with Crippen molar-refractivity contribution < 1.29 is 9.47 Å². The first-order valence-corrected chi connectivity index (χ1v) is 12.2. The van der Waals surface area contributed by atoms with E-state index in [1.54, 1.807) is 0 Å². The molecule has 0 radical (unpaired) electrons. The molecule has 0 amide bonds. The molecule has 3 rings (SSSR count). The van der Waals surface area contributed by atoms with Crippen LogP contribution in [0.3, 0.4) is 0 Å². The molecule has 0 aromatic rings. The summed E-state index contributed by atoms with van der Waals surface area (Å²) in [5.74, 6) is 1.79. The summed E-state index contributed by atoms with van der Waals surface area (Å²) in [5, 5.41) is 3.53. The van der Waals surface area contributed by atoms with Gasteiger partial charge in [0.25, 0.3) is 0 Å². The quantitative estimate of drug-likeness (QED) is 0.518. The molecule has 3 aliphatic heterocycles. The molecule has 29 heavy (non-hydrogen) atoms. The lowest BCUT2D eigenvalue weighted by atomic mass is 9.97. The minimum atomic E-state index is 0.321. The van der Waals surface area contributed by atoms with Crippen LogP contribution in [0.15, 0.2) is 4.99 Å². The summed E-state index contributed by atoms with van der Waals surface area (Å²) in [6.07, 6.45) is 9.13. The third kappa shape index (κ3) is 7.41. The minimum Gasteiger partial charge on any atom is -0.376 e. The van der Waals surface area contributed by atoms with Gasteiger partial charge in [0.05, 0.1) is 18.8 Å². The Morgan fingerprint density at radius 3 is 2.62 bits per heavy atom. The van der Waals surface area contributed by atoms with Crippen molar-refractivity contribution in [3.8, 4) is 0 Å². The van der Waals surface area contributed by atoms with Gasteiger partial charge in [-0.05, 0) is 78.2 Å². The molecule has 0 aromatic carbocycles. The second-order valence-electron chi connectivity index (χ2n) is 9.30. The molecule has 6 heteroatoms. The number of piperidine rings is 2. The largest absolute Gasteiger partial charge is 0.376 e. The summed E-state index contributed by atoms with van der Waals surface area (Å²) >= 11 is 0. The topological polar surface area (TPSA) is 49.3 Å². The fourth-order valence-corrected chi connectivity index (χ4v) is 4.77. The Hall–Kier alpha value is -0.850. The van der Waals surface area contributed by atoms with Gasteiger partial charge in [-0.15, -0.1) is 0 Å². The van der Waals surface area contributed by atoms with Crippen molar-refractivity contribution in [1.82, 2.24) is 15.1 Å². The number of hydrogen-bond donors (Lipinski definition) is 1. The number of hydrogen-bond acceptors (Lipinski definition) is 4. The van der Waals surface area contributed by atoms with Gasteiger partial charge < -0.3 is 24.6 Å². The van der Waals surface area contributed by atoms with E-state index in [-0.39, 0.29) is 0 Å². The monoisotopic (exact) mass is 408 g/mol. The molecule has 3 heterocycles. The number of likely N-dealkylation sites (tertiary alicyclic amines) is 2. The second kappa shape index (κ2) is 12.1. The van der Waals surface area contributed by atoms with E-state index >= 15 is 0 Å². The maximum Gasteiger partial charge on any atom is 0.193 e. The maximum absolute atomic E-state index is 6.18. The van der Waals surface area contributed by atoms with E-state index in [2.05, 4.69) is 35.9 Å². The SMILES string of the molecule is CCNC(=NCC1CCCN(C(C)C)C1)N1CCC(OCC2CCCCO2)CC1. The summed E-state index contributed by atoms with van der Waals surface area (Å²) in [5.41, 5.74) is 0. The van der Waals surface area contributed by atoms with Gasteiger partial charge in [0, 0.05) is 45.4 Å². The second-order valence-corrected chi connectivity index (χ2v) is 9.30. The summed E-state index contributed by atoms with van der Waals surface area (Å²) in [6.45, 7) is 14.8. The van der Waals surface area contributed by atoms with Gasteiger partial charge in [-0.25, -0.2) is 0 Å². The number of nitrogens with one attached hydrogen (secondary N) is 1. The molecule has 2 unspecified atom stereocenters. The molecule has 0 bridgehead atoms. The standard InChI is InChI=1S/C23H44N4O2/c1-4-24-23(25-16-20-8-7-12-27(17-20)19(2)3)26-13-10-21(11-14-26)29-18-22-9-5-6-15-28-22/h19-22H,4-18H2,1-3H3,(H,24,25). The molecule has 0 aromatic heterocycles. The third-order valence-electron chi connectivity index (χ3n) is 6.65. The molecule has 1 N–H and O–H groups in total. The van der Waals surface area contributed by atoms with Crippen molar-refractivity contribution in [2.24, 2.45) is 10.9 Å². The van der Waals surface area contributed by atoms with Gasteiger partial charge in [0.2, 0.25) is 0 Å². The smallest absolute Gasteiger partial charge is 0.193 e. The molecule has 3 fully saturated rings. The van der Waals surface area contributed by atoms with Crippen LogP contribution in [0, 0.1) is 5.92 Å². The maximum atomic E-state index is 6.18. The van der Waals surface area contributed by atoms with Crippen LogP contribution in [0.5, 0.6) is 0 Å². The Morgan fingerprint density at radius 2 is 1.93 bits per heavy atom. The first-order chi connectivity index (χ1) is 14.2. The molecule has 0 aliphatic carbocycles. The van der Waals surface area contributed by atoms with Crippen LogP contribution in [-0.4, -0.2) is 86.5 Å². The van der Waals surface area contributed by atoms with Crippen LogP contribution >= 0.6 is 0 Å². The molecule has 6 nitrogen and oxygen atoms in total. The van der Waals surface area contributed by atoms with Crippen LogP contribution < -0.4 is 5.32 Å². The van der Waals surface area contributed by atoms with Gasteiger partial charge in [-0.2, -0.15) is 0 Å². The van der Waals surface area contributed by atoms with E-state index in [9.17, 15) is 0 Å². The van der Waals surface area contributed by atoms with Gasteiger partial charge in [0.15, 0.2) is 5.96 Å². The van der Waals surface area contributed by atoms with Crippen molar-refractivity contribution >= 4 is 5.96 Å². The number of nitrogens with zero attached hydrogens (tertiary/aromatic N) is 3. The highest BCUT2D eigenvalue weighted by molar-refractivity contribution is 5.80. The first-order valence-electron chi connectivity index (χ1n) is 12.2. The lowest BCUT2D eigenvalue weighted by Gasteiger charge is -2.36. The van der Waals surface area contributed by atoms with Crippen molar-refractivity contribution in [3.05, 3.63) is 0 Å². The van der Waals surface area contributed by atoms with Gasteiger partial charge in [-0.1, -0.05) is 0 Å². The predicted octanol–water partition coefficient (Wildman–Crippen LogP) is 3.12. The zero-order valence-corrected chi connectivity index (χ0v) is 19.1. The van der Waals surface area contributed by atoms with E-state index < -0.39 is 0 Å². The van der Waals surface area contributed by atoms with E-state index in [0.29, 0.717) is 24.2 Å². The molecule has 168 valence electrons. The highest BCUT2D eigenvalue weighted by atomic mass is 16.5. The van der Waals surface area contributed by atoms with Crippen molar-refractivity contribution in [2.45, 2.75) is 84.0 Å². The van der Waals surface area contributed by atoms with E-state index in [1.807, 2.05) is 0 Å². The summed E-state index contributed by atoms with van der Waals surface area (Å²) in [6, 6.07) is 0.646. The number of rotatable bonds is 7. The fourth-order valence-electron chi connectivity index (χ4n) is 4.77. The van der Waals surface area contributed by atoms with E-state index in [4.69, 9.17) is 14.5 Å². The molecule has 0 spiro atoms. The van der Waals surface area contributed by atoms with Crippen LogP contribution in [-0.2, 0) is 9.47 Å². The minimum absolute atomic E-state index is 0.321. The molecule has 3 saturated heterocycles. The van der Waals surface area contributed by atoms with Crippen LogP contribution in [0.1, 0.15) is 65.7 Å². The van der Waals surface area contributed by atoms with Crippen molar-refractivity contribution in [2.75, 3.05) is 52.5 Å². The Kier molecular flexibility index (Phi) is 9.53. The van der Waals surface area contributed by atoms with E-state index in [1.165, 1.54) is 38.8 Å². The van der Waals surface area contributed by atoms with E-state index in [0.717, 1.165) is 64.6 Å². The van der Waals surface area contributed by atoms with Gasteiger partial charge >= 0.3 is 0 Å². The lowest BCUT2D eigenvalue weighted by Crippen LogP contribution is -2.48. The molecule has 3 aliphatic rings. The van der Waals surface area contributed by atoms with Gasteiger partial charge in [0.1, 0.15) is 0 Å². The molecular weight excluding hydrogens is 364 g/mol. The Balaban J connectivity index is 1.42. The first kappa shape index (κ1) is 22.8. The molecule has 0 saturated carbocycles. The van der Waals surface area contributed by atoms with Gasteiger partial charge in [-0.3, -0.25) is 4.99 Å². The highest BCUT2D eigenvalue weighted by Crippen LogP contribution is 2.20. The lowest BCUT2D eigenvalue weighted by molar-refractivity contribution is -0.0721. The zero-order chi connectivity index (χ0) is 20.5. The predicted molar refractivity (Wildman–Crippen MR) is 120 cm³/mol. The number of ether oxygens (including phenoxy) is 2. The van der Waals surface area contributed by atoms with Crippen LogP contribution in [0.25, 0.3) is 0 Å². The Bertz CT molecular complexity index is 485.